The zero-order valence-corrected chi connectivity index (χ0v) is 24.5. The summed E-state index contributed by atoms with van der Waals surface area (Å²) < 4.78 is 11.6. The van der Waals surface area contributed by atoms with Gasteiger partial charge in [0.15, 0.2) is 0 Å². The molecule has 3 heterocycles. The van der Waals surface area contributed by atoms with Gasteiger partial charge in [0.1, 0.15) is 23.9 Å². The molecule has 0 aliphatic carbocycles. The van der Waals surface area contributed by atoms with Gasteiger partial charge in [0, 0.05) is 68.0 Å². The predicted octanol–water partition coefficient (Wildman–Crippen LogP) is 5.14. The largest absolute Gasteiger partial charge is 0.492 e. The number of nitrogens with zero attached hydrogens (tertiary/aromatic N) is 4. The number of benzene rings is 3. The maximum atomic E-state index is 13.4. The molecule has 1 N–H and O–H groups in total. The van der Waals surface area contributed by atoms with E-state index in [9.17, 15) is 4.79 Å². The molecule has 1 amide bonds. The molecule has 0 saturated carbocycles. The second-order valence-corrected chi connectivity index (χ2v) is 11.0. The van der Waals surface area contributed by atoms with E-state index in [1.54, 1.807) is 6.07 Å². The first-order valence-electron chi connectivity index (χ1n) is 14.9. The van der Waals surface area contributed by atoms with Crippen molar-refractivity contribution in [2.75, 3.05) is 80.8 Å². The van der Waals surface area contributed by atoms with Crippen molar-refractivity contribution < 1.29 is 14.3 Å². The smallest absolute Gasteiger partial charge is 0.274 e. The number of morpholine rings is 1. The van der Waals surface area contributed by atoms with Gasteiger partial charge in [-0.05, 0) is 49.2 Å². The highest BCUT2D eigenvalue weighted by atomic mass is 16.5. The molecule has 2 aliphatic heterocycles. The third kappa shape index (κ3) is 6.20. The molecule has 2 saturated heterocycles. The van der Waals surface area contributed by atoms with Crippen LogP contribution in [-0.4, -0.2) is 81.4 Å². The van der Waals surface area contributed by atoms with E-state index < -0.39 is 0 Å². The summed E-state index contributed by atoms with van der Waals surface area (Å²) in [5.41, 5.74) is 5.09. The van der Waals surface area contributed by atoms with E-state index in [0.29, 0.717) is 12.3 Å². The second-order valence-electron chi connectivity index (χ2n) is 11.0. The number of carbonyl (C=O) groups is 1. The Morgan fingerprint density at radius 3 is 2.26 bits per heavy atom. The van der Waals surface area contributed by atoms with E-state index in [4.69, 9.17) is 14.5 Å². The van der Waals surface area contributed by atoms with E-state index in [1.807, 2.05) is 48.5 Å². The van der Waals surface area contributed by atoms with E-state index >= 15 is 0 Å². The van der Waals surface area contributed by atoms with Gasteiger partial charge in [-0.3, -0.25) is 9.69 Å². The molecule has 0 radical (unpaired) electrons. The maximum Gasteiger partial charge on any atom is 0.274 e. The molecule has 218 valence electrons. The number of amides is 1. The fourth-order valence-corrected chi connectivity index (χ4v) is 5.99. The van der Waals surface area contributed by atoms with E-state index in [2.05, 4.69) is 52.1 Å². The SMILES string of the molecule is Cc1cccc(C)c1N1CCN(c2cccc(C(=O)Nc3ccc(OCCN4CCOCC4)c4ccccc34)n2)CC1. The van der Waals surface area contributed by atoms with E-state index in [-0.39, 0.29) is 5.91 Å². The summed E-state index contributed by atoms with van der Waals surface area (Å²) in [6.45, 7) is 12.8. The Balaban J connectivity index is 1.11. The van der Waals surface area contributed by atoms with Gasteiger partial charge in [-0.25, -0.2) is 4.98 Å². The second kappa shape index (κ2) is 12.8. The number of rotatable bonds is 8. The molecule has 0 unspecified atom stereocenters. The van der Waals surface area contributed by atoms with Crippen LogP contribution in [0.1, 0.15) is 21.6 Å². The first kappa shape index (κ1) is 28.0. The zero-order valence-electron chi connectivity index (χ0n) is 24.5. The minimum atomic E-state index is -0.225. The number of para-hydroxylation sites is 1. The number of piperazine rings is 1. The first-order valence-corrected chi connectivity index (χ1v) is 14.9. The number of hydrogen-bond acceptors (Lipinski definition) is 7. The summed E-state index contributed by atoms with van der Waals surface area (Å²) >= 11 is 0. The van der Waals surface area contributed by atoms with Gasteiger partial charge >= 0.3 is 0 Å². The van der Waals surface area contributed by atoms with Gasteiger partial charge in [0.05, 0.1) is 13.2 Å². The molecule has 2 aliphatic rings. The van der Waals surface area contributed by atoms with Gasteiger partial charge < -0.3 is 24.6 Å². The summed E-state index contributed by atoms with van der Waals surface area (Å²) in [4.78, 5) is 25.2. The van der Waals surface area contributed by atoms with Crippen LogP contribution in [0.4, 0.5) is 17.2 Å². The average Bonchev–Trinajstić information content (AvgIpc) is 3.03. The topological polar surface area (TPSA) is 70.2 Å². The van der Waals surface area contributed by atoms with Crippen LogP contribution >= 0.6 is 0 Å². The van der Waals surface area contributed by atoms with Crippen molar-refractivity contribution in [2.45, 2.75) is 13.8 Å². The lowest BCUT2D eigenvalue weighted by Gasteiger charge is -2.38. The molecule has 1 aromatic heterocycles. The summed E-state index contributed by atoms with van der Waals surface area (Å²) in [7, 11) is 0. The minimum absolute atomic E-state index is 0.225. The lowest BCUT2D eigenvalue weighted by Crippen LogP contribution is -2.47. The molecule has 6 rings (SSSR count). The van der Waals surface area contributed by atoms with Gasteiger partial charge in [-0.1, -0.05) is 48.5 Å². The third-order valence-electron chi connectivity index (χ3n) is 8.23. The Morgan fingerprint density at radius 1 is 0.810 bits per heavy atom. The highest BCUT2D eigenvalue weighted by molar-refractivity contribution is 6.09. The molecule has 0 bridgehead atoms. The van der Waals surface area contributed by atoms with Crippen molar-refractivity contribution in [3.05, 3.63) is 89.6 Å². The monoisotopic (exact) mass is 565 g/mol. The average molecular weight is 566 g/mol. The lowest BCUT2D eigenvalue weighted by molar-refractivity contribution is 0.0323. The number of fused-ring (bicyclic) bond motifs is 1. The zero-order chi connectivity index (χ0) is 28.9. The molecular weight excluding hydrogens is 526 g/mol. The number of hydrogen-bond donors (Lipinski definition) is 1. The number of ether oxygens (including phenoxy) is 2. The van der Waals surface area contributed by atoms with Crippen LogP contribution in [-0.2, 0) is 4.74 Å². The summed E-state index contributed by atoms with van der Waals surface area (Å²) in [6, 6.07) is 24.0. The highest BCUT2D eigenvalue weighted by Gasteiger charge is 2.22. The molecule has 8 heteroatoms. The van der Waals surface area contributed by atoms with Gasteiger partial charge in [0.25, 0.3) is 5.91 Å². The fraction of sp³-hybridized carbons (Fsp3) is 0.353. The van der Waals surface area contributed by atoms with Crippen molar-refractivity contribution in [1.29, 1.82) is 0 Å². The molecule has 4 aromatic rings. The summed E-state index contributed by atoms with van der Waals surface area (Å²) in [5, 5.41) is 5.01. The van der Waals surface area contributed by atoms with Crippen LogP contribution in [0.5, 0.6) is 5.75 Å². The molecule has 42 heavy (non-hydrogen) atoms. The normalized spacial score (nSPS) is 16.0. The predicted molar refractivity (Wildman–Crippen MR) is 169 cm³/mol. The van der Waals surface area contributed by atoms with Gasteiger partial charge in [-0.15, -0.1) is 0 Å². The van der Waals surface area contributed by atoms with Crippen molar-refractivity contribution in [3.8, 4) is 5.75 Å². The number of nitrogens with one attached hydrogen (secondary N) is 1. The van der Waals surface area contributed by atoms with Crippen LogP contribution in [0.2, 0.25) is 0 Å². The Labute approximate surface area is 247 Å². The maximum absolute atomic E-state index is 13.4. The van der Waals surface area contributed by atoms with Crippen molar-refractivity contribution in [2.24, 2.45) is 0 Å². The number of carbonyl (C=O) groups excluding carboxylic acids is 1. The Bertz CT molecular complexity index is 1520. The highest BCUT2D eigenvalue weighted by Crippen LogP contribution is 2.32. The minimum Gasteiger partial charge on any atom is -0.492 e. The molecule has 3 aromatic carbocycles. The van der Waals surface area contributed by atoms with Gasteiger partial charge in [0.2, 0.25) is 0 Å². The number of aryl methyl sites for hydroxylation is 2. The Morgan fingerprint density at radius 2 is 1.50 bits per heavy atom. The molecule has 2 fully saturated rings. The number of aromatic nitrogens is 1. The van der Waals surface area contributed by atoms with Gasteiger partial charge in [-0.2, -0.15) is 0 Å². The van der Waals surface area contributed by atoms with E-state index in [1.165, 1.54) is 16.8 Å². The summed E-state index contributed by atoms with van der Waals surface area (Å²) in [6.07, 6.45) is 0. The van der Waals surface area contributed by atoms with Crippen LogP contribution in [0.25, 0.3) is 10.8 Å². The van der Waals surface area contributed by atoms with Crippen molar-refractivity contribution in [1.82, 2.24) is 9.88 Å². The van der Waals surface area contributed by atoms with Crippen LogP contribution < -0.4 is 19.9 Å². The fourth-order valence-electron chi connectivity index (χ4n) is 5.99. The molecule has 0 spiro atoms. The van der Waals surface area contributed by atoms with Crippen LogP contribution in [0, 0.1) is 13.8 Å². The summed E-state index contributed by atoms with van der Waals surface area (Å²) in [5.74, 6) is 1.42. The lowest BCUT2D eigenvalue weighted by atomic mass is 10.1. The molecule has 8 nitrogen and oxygen atoms in total. The Kier molecular flexibility index (Phi) is 8.53. The number of anilines is 3. The molecule has 0 atom stereocenters. The van der Waals surface area contributed by atoms with E-state index in [0.717, 1.165) is 87.1 Å². The van der Waals surface area contributed by atoms with Crippen molar-refractivity contribution >= 4 is 33.9 Å². The Hall–Kier alpha value is -4.14. The number of pyridine rings is 1. The molecular formula is C34H39N5O3. The first-order chi connectivity index (χ1) is 20.6. The van der Waals surface area contributed by atoms with Crippen LogP contribution in [0.3, 0.4) is 0 Å². The van der Waals surface area contributed by atoms with Crippen LogP contribution in [0.15, 0.2) is 72.8 Å². The standard InChI is InChI=1S/C34H39N5O3/c1-25-7-5-8-26(2)33(25)39-17-15-38(16-18-39)32-12-6-11-30(35-32)34(40)36-29-13-14-31(28-10-4-3-9-27(28)29)42-24-21-37-19-22-41-23-20-37/h3-14H,15-24H2,1-2H3,(H,36,40). The van der Waals surface area contributed by atoms with Crippen molar-refractivity contribution in [3.63, 3.8) is 0 Å². The third-order valence-corrected chi connectivity index (χ3v) is 8.23. The quantitative estimate of drug-likeness (QED) is 0.317.